The van der Waals surface area contributed by atoms with E-state index in [1.165, 1.54) is 0 Å². The second-order valence-corrected chi connectivity index (χ2v) is 4.69. The molecule has 0 saturated heterocycles. The number of rotatable bonds is 4. The van der Waals surface area contributed by atoms with E-state index in [1.807, 2.05) is 20.8 Å². The standard InChI is InChI=1S/C11H18N2O3/c1-5-6-8(9(14)15)13-10(16)12-7-11(2,3)4/h1,8H,6-7H2,2-4H3,(H,14,15)(H2,12,13,16). The van der Waals surface area contributed by atoms with Crippen LogP contribution in [0.15, 0.2) is 0 Å². The Balaban J connectivity index is 4.12. The molecule has 16 heavy (non-hydrogen) atoms. The van der Waals surface area contributed by atoms with Crippen LogP contribution in [0.3, 0.4) is 0 Å². The molecule has 3 N–H and O–H groups in total. The van der Waals surface area contributed by atoms with Crippen molar-refractivity contribution in [2.24, 2.45) is 5.41 Å². The highest BCUT2D eigenvalue weighted by atomic mass is 16.4. The maximum Gasteiger partial charge on any atom is 0.327 e. The average Bonchev–Trinajstić information content (AvgIpc) is 2.13. The van der Waals surface area contributed by atoms with Crippen LogP contribution in [0.4, 0.5) is 4.79 Å². The Morgan fingerprint density at radius 3 is 2.38 bits per heavy atom. The maximum absolute atomic E-state index is 11.3. The molecular weight excluding hydrogens is 208 g/mol. The fourth-order valence-electron chi connectivity index (χ4n) is 0.873. The Hall–Kier alpha value is -1.70. The van der Waals surface area contributed by atoms with Crippen molar-refractivity contribution < 1.29 is 14.7 Å². The van der Waals surface area contributed by atoms with Crippen molar-refractivity contribution in [3.63, 3.8) is 0 Å². The van der Waals surface area contributed by atoms with E-state index in [0.717, 1.165) is 0 Å². The number of hydrogen-bond donors (Lipinski definition) is 3. The van der Waals surface area contributed by atoms with E-state index in [0.29, 0.717) is 6.54 Å². The summed E-state index contributed by atoms with van der Waals surface area (Å²) in [5.41, 5.74) is -0.0534. The second kappa shape index (κ2) is 6.01. The van der Waals surface area contributed by atoms with Crippen LogP contribution in [0.5, 0.6) is 0 Å². The van der Waals surface area contributed by atoms with Gasteiger partial charge in [0.1, 0.15) is 6.04 Å². The summed E-state index contributed by atoms with van der Waals surface area (Å²) in [5.74, 6) is 1.07. The molecule has 0 aliphatic heterocycles. The number of carbonyl (C=O) groups excluding carboxylic acids is 1. The first kappa shape index (κ1) is 14.3. The summed E-state index contributed by atoms with van der Waals surface area (Å²) < 4.78 is 0. The summed E-state index contributed by atoms with van der Waals surface area (Å²) in [5, 5.41) is 13.6. The number of hydrogen-bond acceptors (Lipinski definition) is 2. The molecule has 0 fully saturated rings. The Kier molecular flexibility index (Phi) is 5.37. The number of terminal acetylenes is 1. The summed E-state index contributed by atoms with van der Waals surface area (Å²) in [6, 6.07) is -1.55. The largest absolute Gasteiger partial charge is 0.480 e. The fraction of sp³-hybridized carbons (Fsp3) is 0.636. The van der Waals surface area contributed by atoms with E-state index in [9.17, 15) is 9.59 Å². The van der Waals surface area contributed by atoms with E-state index >= 15 is 0 Å². The van der Waals surface area contributed by atoms with Gasteiger partial charge in [-0.2, -0.15) is 0 Å². The van der Waals surface area contributed by atoms with Gasteiger partial charge in [0.25, 0.3) is 0 Å². The summed E-state index contributed by atoms with van der Waals surface area (Å²) in [4.78, 5) is 22.0. The Morgan fingerprint density at radius 2 is 2.00 bits per heavy atom. The summed E-state index contributed by atoms with van der Waals surface area (Å²) in [6.07, 6.45) is 4.97. The minimum absolute atomic E-state index is 0.0295. The van der Waals surface area contributed by atoms with Crippen LogP contribution in [0, 0.1) is 17.8 Å². The van der Waals surface area contributed by atoms with Gasteiger partial charge in [0.05, 0.1) is 0 Å². The molecule has 1 atom stereocenters. The summed E-state index contributed by atoms with van der Waals surface area (Å²) >= 11 is 0. The van der Waals surface area contributed by atoms with Crippen LogP contribution in [-0.4, -0.2) is 29.7 Å². The molecule has 0 saturated carbocycles. The van der Waals surface area contributed by atoms with Crippen LogP contribution >= 0.6 is 0 Å². The molecule has 0 aromatic rings. The van der Waals surface area contributed by atoms with Crippen molar-refractivity contribution in [2.75, 3.05) is 6.54 Å². The van der Waals surface area contributed by atoms with Crippen molar-refractivity contribution in [1.29, 1.82) is 0 Å². The van der Waals surface area contributed by atoms with Crippen LogP contribution in [-0.2, 0) is 4.79 Å². The van der Waals surface area contributed by atoms with Crippen LogP contribution in [0.1, 0.15) is 27.2 Å². The van der Waals surface area contributed by atoms with Gasteiger partial charge >= 0.3 is 12.0 Å². The molecule has 2 amide bonds. The number of carbonyl (C=O) groups is 2. The lowest BCUT2D eigenvalue weighted by atomic mass is 9.97. The van der Waals surface area contributed by atoms with Crippen LogP contribution in [0.25, 0.3) is 0 Å². The van der Waals surface area contributed by atoms with Gasteiger partial charge < -0.3 is 15.7 Å². The van der Waals surface area contributed by atoms with E-state index in [2.05, 4.69) is 16.6 Å². The van der Waals surface area contributed by atoms with Gasteiger partial charge in [-0.3, -0.25) is 0 Å². The Morgan fingerprint density at radius 1 is 1.44 bits per heavy atom. The molecule has 90 valence electrons. The number of carboxylic acid groups (broad SMARTS) is 1. The van der Waals surface area contributed by atoms with E-state index in [1.54, 1.807) is 0 Å². The normalized spacial score (nSPS) is 12.4. The molecule has 0 bridgehead atoms. The number of nitrogens with one attached hydrogen (secondary N) is 2. The van der Waals surface area contributed by atoms with Crippen LogP contribution < -0.4 is 10.6 Å². The molecule has 0 heterocycles. The summed E-state index contributed by atoms with van der Waals surface area (Å²) in [6.45, 7) is 6.34. The lowest BCUT2D eigenvalue weighted by molar-refractivity contribution is -0.139. The lowest BCUT2D eigenvalue weighted by Gasteiger charge is -2.20. The Labute approximate surface area is 95.6 Å². The third-order valence-corrected chi connectivity index (χ3v) is 1.70. The quantitative estimate of drug-likeness (QED) is 0.621. The van der Waals surface area contributed by atoms with Gasteiger partial charge in [-0.15, -0.1) is 12.3 Å². The minimum Gasteiger partial charge on any atom is -0.480 e. The van der Waals surface area contributed by atoms with E-state index < -0.39 is 18.0 Å². The Bertz CT molecular complexity index is 299. The smallest absolute Gasteiger partial charge is 0.327 e. The number of urea groups is 1. The number of amides is 2. The molecule has 0 aliphatic carbocycles. The SMILES string of the molecule is C#CCC(NC(=O)NCC(C)(C)C)C(=O)O. The second-order valence-electron chi connectivity index (χ2n) is 4.69. The summed E-state index contributed by atoms with van der Waals surface area (Å²) in [7, 11) is 0. The third kappa shape index (κ3) is 6.71. The molecule has 0 spiro atoms. The van der Waals surface area contributed by atoms with E-state index in [4.69, 9.17) is 11.5 Å². The molecule has 0 rings (SSSR count). The van der Waals surface area contributed by atoms with Crippen molar-refractivity contribution >= 4 is 12.0 Å². The first-order valence-corrected chi connectivity index (χ1v) is 4.97. The van der Waals surface area contributed by atoms with Gasteiger partial charge in [-0.05, 0) is 5.41 Å². The minimum atomic E-state index is -1.14. The monoisotopic (exact) mass is 226 g/mol. The highest BCUT2D eigenvalue weighted by Gasteiger charge is 2.19. The topological polar surface area (TPSA) is 78.4 Å². The molecule has 0 aliphatic rings. The highest BCUT2D eigenvalue weighted by molar-refractivity contribution is 5.82. The number of carboxylic acids is 1. The zero-order chi connectivity index (χ0) is 12.8. The van der Waals surface area contributed by atoms with Gasteiger partial charge in [-0.25, -0.2) is 9.59 Å². The predicted molar refractivity (Wildman–Crippen MR) is 60.9 cm³/mol. The third-order valence-electron chi connectivity index (χ3n) is 1.70. The van der Waals surface area contributed by atoms with E-state index in [-0.39, 0.29) is 11.8 Å². The van der Waals surface area contributed by atoms with Gasteiger partial charge in [0.2, 0.25) is 0 Å². The average molecular weight is 226 g/mol. The lowest BCUT2D eigenvalue weighted by Crippen LogP contribution is -2.47. The predicted octanol–water partition coefficient (Wildman–Crippen LogP) is 0.808. The fourth-order valence-corrected chi connectivity index (χ4v) is 0.873. The van der Waals surface area contributed by atoms with Gasteiger partial charge in [-0.1, -0.05) is 20.8 Å². The van der Waals surface area contributed by atoms with Crippen molar-refractivity contribution in [1.82, 2.24) is 10.6 Å². The van der Waals surface area contributed by atoms with Crippen molar-refractivity contribution in [3.05, 3.63) is 0 Å². The first-order valence-electron chi connectivity index (χ1n) is 4.97. The molecule has 0 aromatic heterocycles. The molecule has 1 unspecified atom stereocenters. The maximum atomic E-state index is 11.3. The molecule has 5 nitrogen and oxygen atoms in total. The van der Waals surface area contributed by atoms with Gasteiger partial charge in [0.15, 0.2) is 0 Å². The number of aliphatic carboxylic acids is 1. The van der Waals surface area contributed by atoms with Gasteiger partial charge in [0, 0.05) is 13.0 Å². The molecular formula is C11H18N2O3. The molecule has 0 radical (unpaired) electrons. The van der Waals surface area contributed by atoms with Crippen molar-refractivity contribution in [2.45, 2.75) is 33.2 Å². The molecule has 5 heteroatoms. The highest BCUT2D eigenvalue weighted by Crippen LogP contribution is 2.09. The van der Waals surface area contributed by atoms with Crippen molar-refractivity contribution in [3.8, 4) is 12.3 Å². The zero-order valence-electron chi connectivity index (χ0n) is 9.83. The first-order chi connectivity index (χ1) is 7.26. The molecule has 0 aromatic carbocycles. The van der Waals surface area contributed by atoms with Crippen LogP contribution in [0.2, 0.25) is 0 Å². The zero-order valence-corrected chi connectivity index (χ0v) is 9.83.